The molecule has 182 valence electrons. The lowest BCUT2D eigenvalue weighted by Crippen LogP contribution is -2.47. The molecule has 2 aliphatic rings. The van der Waals surface area contributed by atoms with Crippen LogP contribution in [0, 0.1) is 0 Å². The zero-order chi connectivity index (χ0) is 24.1. The lowest BCUT2D eigenvalue weighted by molar-refractivity contribution is 0.435. The van der Waals surface area contributed by atoms with E-state index in [2.05, 4.69) is 80.0 Å². The molecule has 35 heavy (non-hydrogen) atoms. The van der Waals surface area contributed by atoms with Crippen molar-refractivity contribution in [2.24, 2.45) is 0 Å². The standard InChI is InChI=1S/C27H31ClN6S/c28-23-19-24(34-17-15-33(16-18-34)22-11-5-2-6-12-22)31-25(30-23)32-26(35)29-20-27(13-7-8-14-27)21-9-3-1-4-10-21/h1-6,9-12,19H,7-8,13-18,20H2,(H2,29,30,31,32,35). The van der Waals surface area contributed by atoms with Crippen LogP contribution in [0.3, 0.4) is 0 Å². The lowest BCUT2D eigenvalue weighted by Gasteiger charge is -2.36. The second-order valence-electron chi connectivity index (χ2n) is 9.34. The van der Waals surface area contributed by atoms with Crippen molar-refractivity contribution in [2.45, 2.75) is 31.1 Å². The average Bonchev–Trinajstić information content (AvgIpc) is 3.39. The number of nitrogens with zero attached hydrogens (tertiary/aromatic N) is 4. The van der Waals surface area contributed by atoms with Gasteiger partial charge in [-0.1, -0.05) is 73.0 Å². The molecule has 5 rings (SSSR count). The summed E-state index contributed by atoms with van der Waals surface area (Å²) in [5.41, 5.74) is 2.75. The molecule has 1 saturated carbocycles. The second-order valence-corrected chi connectivity index (χ2v) is 10.1. The number of para-hydroxylation sites is 1. The number of hydrogen-bond acceptors (Lipinski definition) is 5. The third kappa shape index (κ3) is 5.68. The molecule has 8 heteroatoms. The first-order chi connectivity index (χ1) is 17.1. The number of aromatic nitrogens is 2. The molecule has 0 amide bonds. The van der Waals surface area contributed by atoms with Gasteiger partial charge in [0.05, 0.1) is 0 Å². The Balaban J connectivity index is 1.20. The fourth-order valence-electron chi connectivity index (χ4n) is 5.26. The molecule has 1 aromatic heterocycles. The van der Waals surface area contributed by atoms with Crippen LogP contribution in [0.5, 0.6) is 0 Å². The van der Waals surface area contributed by atoms with Gasteiger partial charge in [-0.05, 0) is 42.8 Å². The van der Waals surface area contributed by atoms with Crippen LogP contribution in [-0.2, 0) is 5.41 Å². The molecule has 6 nitrogen and oxygen atoms in total. The molecule has 1 aliphatic carbocycles. The summed E-state index contributed by atoms with van der Waals surface area (Å²) < 4.78 is 0. The summed E-state index contributed by atoms with van der Waals surface area (Å²) in [6.45, 7) is 4.37. The maximum Gasteiger partial charge on any atom is 0.232 e. The first-order valence-corrected chi connectivity index (χ1v) is 13.1. The van der Waals surface area contributed by atoms with E-state index in [9.17, 15) is 0 Å². The van der Waals surface area contributed by atoms with Crippen LogP contribution in [0.15, 0.2) is 66.7 Å². The molecule has 1 saturated heterocycles. The van der Waals surface area contributed by atoms with Crippen molar-refractivity contribution in [2.75, 3.05) is 47.8 Å². The van der Waals surface area contributed by atoms with E-state index in [1.165, 1.54) is 36.9 Å². The van der Waals surface area contributed by atoms with E-state index in [1.807, 2.05) is 12.1 Å². The predicted octanol–water partition coefficient (Wildman–Crippen LogP) is 5.26. The minimum atomic E-state index is 0.117. The summed E-state index contributed by atoms with van der Waals surface area (Å²) in [6.07, 6.45) is 4.82. The van der Waals surface area contributed by atoms with Crippen LogP contribution in [0.2, 0.25) is 5.15 Å². The Morgan fingerprint density at radius 3 is 2.20 bits per heavy atom. The van der Waals surface area contributed by atoms with E-state index in [4.69, 9.17) is 28.8 Å². The van der Waals surface area contributed by atoms with Gasteiger partial charge in [0, 0.05) is 49.9 Å². The quantitative estimate of drug-likeness (QED) is 0.349. The second kappa shape index (κ2) is 10.8. The molecular weight excluding hydrogens is 476 g/mol. The van der Waals surface area contributed by atoms with Crippen molar-refractivity contribution in [3.8, 4) is 0 Å². The topological polar surface area (TPSA) is 56.3 Å². The minimum absolute atomic E-state index is 0.117. The number of thiocarbonyl (C=S) groups is 1. The van der Waals surface area contributed by atoms with E-state index in [0.717, 1.165) is 38.5 Å². The van der Waals surface area contributed by atoms with E-state index in [1.54, 1.807) is 0 Å². The Bertz CT molecular complexity index is 1130. The van der Waals surface area contributed by atoms with Crippen LogP contribution in [0.4, 0.5) is 17.5 Å². The molecule has 0 radical (unpaired) electrons. The highest BCUT2D eigenvalue weighted by molar-refractivity contribution is 7.80. The molecule has 3 aromatic rings. The normalized spacial score (nSPS) is 17.3. The smallest absolute Gasteiger partial charge is 0.232 e. The van der Waals surface area contributed by atoms with Crippen LogP contribution in [-0.4, -0.2) is 47.8 Å². The van der Waals surface area contributed by atoms with Crippen LogP contribution >= 0.6 is 23.8 Å². The first kappa shape index (κ1) is 23.8. The minimum Gasteiger partial charge on any atom is -0.368 e. The van der Waals surface area contributed by atoms with Crippen molar-refractivity contribution < 1.29 is 0 Å². The number of piperazine rings is 1. The van der Waals surface area contributed by atoms with Gasteiger partial charge in [-0.2, -0.15) is 4.98 Å². The Morgan fingerprint density at radius 2 is 1.51 bits per heavy atom. The van der Waals surface area contributed by atoms with E-state index in [-0.39, 0.29) is 5.41 Å². The van der Waals surface area contributed by atoms with Gasteiger partial charge in [0.25, 0.3) is 0 Å². The van der Waals surface area contributed by atoms with Crippen LogP contribution in [0.1, 0.15) is 31.2 Å². The van der Waals surface area contributed by atoms with E-state index in [0.29, 0.717) is 16.2 Å². The van der Waals surface area contributed by atoms with Crippen molar-refractivity contribution >= 4 is 46.4 Å². The fraction of sp³-hybridized carbons (Fsp3) is 0.370. The van der Waals surface area contributed by atoms with Gasteiger partial charge in [-0.3, -0.25) is 0 Å². The molecule has 0 spiro atoms. The highest BCUT2D eigenvalue weighted by atomic mass is 35.5. The van der Waals surface area contributed by atoms with Gasteiger partial charge in [-0.25, -0.2) is 4.98 Å². The van der Waals surface area contributed by atoms with Crippen molar-refractivity contribution in [3.05, 3.63) is 77.4 Å². The van der Waals surface area contributed by atoms with E-state index < -0.39 is 0 Å². The van der Waals surface area contributed by atoms with Gasteiger partial charge >= 0.3 is 0 Å². The highest BCUT2D eigenvalue weighted by Gasteiger charge is 2.35. The zero-order valence-corrected chi connectivity index (χ0v) is 21.4. The number of benzene rings is 2. The number of halogens is 1. The first-order valence-electron chi connectivity index (χ1n) is 12.3. The molecule has 2 fully saturated rings. The van der Waals surface area contributed by atoms with Crippen molar-refractivity contribution in [1.29, 1.82) is 0 Å². The summed E-state index contributed by atoms with van der Waals surface area (Å²) in [5, 5.41) is 7.53. The van der Waals surface area contributed by atoms with E-state index >= 15 is 0 Å². The Labute approximate surface area is 217 Å². The van der Waals surface area contributed by atoms with Crippen LogP contribution < -0.4 is 20.4 Å². The van der Waals surface area contributed by atoms with Crippen molar-refractivity contribution in [1.82, 2.24) is 15.3 Å². The molecule has 0 bridgehead atoms. The number of nitrogens with one attached hydrogen (secondary N) is 2. The zero-order valence-electron chi connectivity index (χ0n) is 19.8. The number of hydrogen-bond donors (Lipinski definition) is 2. The molecule has 0 unspecified atom stereocenters. The van der Waals surface area contributed by atoms with Gasteiger partial charge < -0.3 is 20.4 Å². The third-order valence-electron chi connectivity index (χ3n) is 7.17. The summed E-state index contributed by atoms with van der Waals surface area (Å²) in [5.74, 6) is 1.25. The van der Waals surface area contributed by atoms with Crippen LogP contribution in [0.25, 0.3) is 0 Å². The Morgan fingerprint density at radius 1 is 0.886 bits per heavy atom. The third-order valence-corrected chi connectivity index (χ3v) is 7.61. The molecule has 2 N–H and O–H groups in total. The summed E-state index contributed by atoms with van der Waals surface area (Å²) in [7, 11) is 0. The summed E-state index contributed by atoms with van der Waals surface area (Å²) >= 11 is 12.0. The highest BCUT2D eigenvalue weighted by Crippen LogP contribution is 2.40. The Kier molecular flexibility index (Phi) is 7.35. The predicted molar refractivity (Wildman–Crippen MR) is 149 cm³/mol. The van der Waals surface area contributed by atoms with Gasteiger partial charge in [-0.15, -0.1) is 0 Å². The largest absolute Gasteiger partial charge is 0.368 e. The maximum atomic E-state index is 6.37. The van der Waals surface area contributed by atoms with Gasteiger partial charge in [0.2, 0.25) is 5.95 Å². The SMILES string of the molecule is S=C(NCC1(c2ccccc2)CCCC1)Nc1nc(Cl)cc(N2CCN(c3ccccc3)CC2)n1. The summed E-state index contributed by atoms with van der Waals surface area (Å²) in [6, 6.07) is 23.1. The molecule has 2 aromatic carbocycles. The molecular formula is C27H31ClN6S. The number of rotatable bonds is 6. The molecule has 0 atom stereocenters. The Hall–Kier alpha value is -2.90. The van der Waals surface area contributed by atoms with Gasteiger partial charge in [0.1, 0.15) is 11.0 Å². The lowest BCUT2D eigenvalue weighted by atomic mass is 9.79. The number of anilines is 3. The average molecular weight is 507 g/mol. The molecule has 1 aliphatic heterocycles. The van der Waals surface area contributed by atoms with Crippen molar-refractivity contribution in [3.63, 3.8) is 0 Å². The van der Waals surface area contributed by atoms with Gasteiger partial charge in [0.15, 0.2) is 5.11 Å². The molecule has 2 heterocycles. The maximum absolute atomic E-state index is 6.37. The monoisotopic (exact) mass is 506 g/mol. The fourth-order valence-corrected chi connectivity index (χ4v) is 5.60. The summed E-state index contributed by atoms with van der Waals surface area (Å²) in [4.78, 5) is 13.7.